The normalized spacial score (nSPS) is 10.7. The van der Waals surface area contributed by atoms with Crippen LogP contribution in [0.1, 0.15) is 24.7 Å². The molecule has 7 heteroatoms. The maximum atomic E-state index is 12.5. The topological polar surface area (TPSA) is 39.2 Å². The first-order valence-electron chi connectivity index (χ1n) is 4.74. The van der Waals surface area contributed by atoms with Crippen LogP contribution in [-0.4, -0.2) is 17.6 Å². The molecule has 0 unspecified atom stereocenters. The summed E-state index contributed by atoms with van der Waals surface area (Å²) in [7, 11) is 0. The van der Waals surface area contributed by atoms with E-state index in [2.05, 4.69) is 20.9 Å². The quantitative estimate of drug-likeness (QED) is 0.554. The van der Waals surface area contributed by atoms with Gasteiger partial charge in [-0.05, 0) is 51.5 Å². The zero-order valence-electron chi connectivity index (χ0n) is 8.84. The van der Waals surface area contributed by atoms with Crippen LogP contribution in [0.25, 0.3) is 0 Å². The monoisotopic (exact) mass is 419 g/mol. The van der Waals surface area contributed by atoms with Crippen molar-refractivity contribution in [2.45, 2.75) is 19.8 Å². The first-order valence-corrected chi connectivity index (χ1v) is 6.61. The highest BCUT2D eigenvalue weighted by molar-refractivity contribution is 14.1. The zero-order chi connectivity index (χ0) is 13.0. The lowest BCUT2D eigenvalue weighted by molar-refractivity contribution is -0.142. The van der Waals surface area contributed by atoms with Gasteiger partial charge in [0.25, 0.3) is 6.43 Å². The number of carbonyl (C=O) groups is 1. The van der Waals surface area contributed by atoms with Gasteiger partial charge in [0, 0.05) is 3.57 Å². The van der Waals surface area contributed by atoms with Crippen LogP contribution in [0.15, 0.2) is 10.5 Å². The van der Waals surface area contributed by atoms with E-state index in [0.717, 1.165) is 0 Å². The molecular formula is C10H9BrF2INO2. The Kier molecular flexibility index (Phi) is 5.71. The van der Waals surface area contributed by atoms with Gasteiger partial charge in [0.15, 0.2) is 0 Å². The molecule has 1 heterocycles. The molecule has 0 spiro atoms. The molecule has 94 valence electrons. The number of pyridine rings is 1. The van der Waals surface area contributed by atoms with E-state index >= 15 is 0 Å². The van der Waals surface area contributed by atoms with Gasteiger partial charge < -0.3 is 4.74 Å². The van der Waals surface area contributed by atoms with Crippen LogP contribution in [0, 0.1) is 3.57 Å². The van der Waals surface area contributed by atoms with Gasteiger partial charge in [-0.1, -0.05) is 0 Å². The van der Waals surface area contributed by atoms with Crippen molar-refractivity contribution in [2.75, 3.05) is 6.61 Å². The average Bonchev–Trinajstić information content (AvgIpc) is 2.24. The number of esters is 1. The molecule has 0 aliphatic rings. The summed E-state index contributed by atoms with van der Waals surface area (Å²) in [5, 5.41) is 0. The number of rotatable bonds is 4. The molecule has 0 saturated heterocycles. The minimum absolute atomic E-state index is 0.120. The summed E-state index contributed by atoms with van der Waals surface area (Å²) < 4.78 is 31.0. The van der Waals surface area contributed by atoms with E-state index < -0.39 is 12.4 Å². The average molecular weight is 420 g/mol. The predicted octanol–water partition coefficient (Wildman–Crippen LogP) is 3.49. The third kappa shape index (κ3) is 4.13. The number of halogens is 4. The first kappa shape index (κ1) is 14.7. The molecule has 0 amide bonds. The lowest BCUT2D eigenvalue weighted by Crippen LogP contribution is -2.11. The molecule has 0 bridgehead atoms. The van der Waals surface area contributed by atoms with E-state index in [1.165, 1.54) is 6.07 Å². The molecule has 0 fully saturated rings. The van der Waals surface area contributed by atoms with Gasteiger partial charge in [-0.15, -0.1) is 0 Å². The van der Waals surface area contributed by atoms with Crippen LogP contribution in [0.5, 0.6) is 0 Å². The minimum Gasteiger partial charge on any atom is -0.466 e. The standard InChI is InChI=1S/C10H9BrF2INO2/c1-2-17-8(16)4-6-9(11)5(14)3-7(15-6)10(12)13/h3,10H,2,4H2,1H3. The Balaban J connectivity index is 3.01. The summed E-state index contributed by atoms with van der Waals surface area (Å²) >= 11 is 5.13. The Morgan fingerprint density at radius 3 is 2.82 bits per heavy atom. The van der Waals surface area contributed by atoms with Crippen LogP contribution < -0.4 is 0 Å². The summed E-state index contributed by atoms with van der Waals surface area (Å²) in [5.41, 5.74) is -0.0671. The van der Waals surface area contributed by atoms with Gasteiger partial charge in [-0.3, -0.25) is 4.79 Å². The highest BCUT2D eigenvalue weighted by Gasteiger charge is 2.17. The van der Waals surface area contributed by atoms with Crippen LogP contribution in [0.3, 0.4) is 0 Å². The number of hydrogen-bond donors (Lipinski definition) is 0. The number of ether oxygens (including phenoxy) is 1. The minimum atomic E-state index is -2.66. The second kappa shape index (κ2) is 6.58. The van der Waals surface area contributed by atoms with Crippen molar-refractivity contribution >= 4 is 44.5 Å². The van der Waals surface area contributed by atoms with Gasteiger partial charge in [-0.25, -0.2) is 13.8 Å². The van der Waals surface area contributed by atoms with Gasteiger partial charge in [-0.2, -0.15) is 0 Å². The van der Waals surface area contributed by atoms with E-state index in [9.17, 15) is 13.6 Å². The van der Waals surface area contributed by atoms with Crippen LogP contribution in [-0.2, 0) is 16.0 Å². The third-order valence-corrected chi connectivity index (χ3v) is 4.32. The second-order valence-corrected chi connectivity index (χ2v) is 5.03. The van der Waals surface area contributed by atoms with Gasteiger partial charge in [0.2, 0.25) is 0 Å². The fourth-order valence-electron chi connectivity index (χ4n) is 1.15. The van der Waals surface area contributed by atoms with Crippen molar-refractivity contribution in [3.05, 3.63) is 25.5 Å². The highest BCUT2D eigenvalue weighted by Crippen LogP contribution is 2.27. The Bertz CT molecular complexity index is 429. The second-order valence-electron chi connectivity index (χ2n) is 3.07. The molecule has 1 rings (SSSR count). The van der Waals surface area contributed by atoms with E-state index in [0.29, 0.717) is 8.04 Å². The number of carbonyl (C=O) groups excluding carboxylic acids is 1. The van der Waals surface area contributed by atoms with Gasteiger partial charge in [0.1, 0.15) is 5.69 Å². The van der Waals surface area contributed by atoms with E-state index in [1.807, 2.05) is 22.6 Å². The maximum Gasteiger partial charge on any atom is 0.311 e. The van der Waals surface area contributed by atoms with Gasteiger partial charge in [0.05, 0.1) is 23.2 Å². The van der Waals surface area contributed by atoms with Crippen LogP contribution >= 0.6 is 38.5 Å². The smallest absolute Gasteiger partial charge is 0.311 e. The molecule has 0 N–H and O–H groups in total. The van der Waals surface area contributed by atoms with Crippen molar-refractivity contribution in [1.29, 1.82) is 0 Å². The van der Waals surface area contributed by atoms with E-state index in [-0.39, 0.29) is 24.4 Å². The summed E-state index contributed by atoms with van der Waals surface area (Å²) in [6.45, 7) is 1.93. The molecule has 17 heavy (non-hydrogen) atoms. The maximum absolute atomic E-state index is 12.5. The van der Waals surface area contributed by atoms with Crippen LogP contribution in [0.4, 0.5) is 8.78 Å². The fraction of sp³-hybridized carbons (Fsp3) is 0.400. The Hall–Kier alpha value is -0.310. The summed E-state index contributed by atoms with van der Waals surface area (Å²) in [6, 6.07) is 1.28. The summed E-state index contributed by atoms with van der Waals surface area (Å²) in [4.78, 5) is 15.0. The van der Waals surface area contributed by atoms with Crippen molar-refractivity contribution in [2.24, 2.45) is 0 Å². The molecule has 0 aromatic carbocycles. The Morgan fingerprint density at radius 1 is 1.65 bits per heavy atom. The SMILES string of the molecule is CCOC(=O)Cc1nc(C(F)F)cc(I)c1Br. The summed E-state index contributed by atoms with van der Waals surface area (Å²) in [5.74, 6) is -0.483. The first-order chi connectivity index (χ1) is 7.95. The molecule has 0 radical (unpaired) electrons. The molecule has 0 aliphatic carbocycles. The molecule has 0 saturated carbocycles. The van der Waals surface area contributed by atoms with Crippen molar-refractivity contribution in [1.82, 2.24) is 4.98 Å². The largest absolute Gasteiger partial charge is 0.466 e. The van der Waals surface area contributed by atoms with E-state index in [1.54, 1.807) is 6.92 Å². The van der Waals surface area contributed by atoms with Crippen LogP contribution in [0.2, 0.25) is 0 Å². The Labute approximate surface area is 119 Å². The Morgan fingerprint density at radius 2 is 2.29 bits per heavy atom. The molecule has 0 atom stereocenters. The van der Waals surface area contributed by atoms with Gasteiger partial charge >= 0.3 is 5.97 Å². The number of alkyl halides is 2. The van der Waals surface area contributed by atoms with Crippen molar-refractivity contribution in [3.8, 4) is 0 Å². The molecule has 0 aliphatic heterocycles. The van der Waals surface area contributed by atoms with E-state index in [4.69, 9.17) is 4.74 Å². The number of nitrogens with zero attached hydrogens (tertiary/aromatic N) is 1. The zero-order valence-corrected chi connectivity index (χ0v) is 12.6. The molecule has 3 nitrogen and oxygen atoms in total. The molecule has 1 aromatic rings. The molecular weight excluding hydrogens is 411 g/mol. The number of aromatic nitrogens is 1. The fourth-order valence-corrected chi connectivity index (χ4v) is 2.12. The lowest BCUT2D eigenvalue weighted by Gasteiger charge is -2.08. The van der Waals surface area contributed by atoms with Crippen molar-refractivity contribution < 1.29 is 18.3 Å². The summed E-state index contributed by atoms with van der Waals surface area (Å²) in [6.07, 6.45) is -2.78. The van der Waals surface area contributed by atoms with Crippen molar-refractivity contribution in [3.63, 3.8) is 0 Å². The lowest BCUT2D eigenvalue weighted by atomic mass is 10.2. The highest BCUT2D eigenvalue weighted by atomic mass is 127. The predicted molar refractivity (Wildman–Crippen MR) is 69.9 cm³/mol. The number of hydrogen-bond acceptors (Lipinski definition) is 3. The third-order valence-electron chi connectivity index (χ3n) is 1.84. The molecule has 1 aromatic heterocycles.